The van der Waals surface area contributed by atoms with E-state index in [1.54, 1.807) is 6.08 Å². The fourth-order valence-corrected chi connectivity index (χ4v) is 0. The van der Waals surface area contributed by atoms with E-state index in [1.807, 2.05) is 6.92 Å². The fraction of sp³-hybridized carbons (Fsp3) is 0.200. The van der Waals surface area contributed by atoms with Gasteiger partial charge in [0.05, 0.1) is 0 Å². The van der Waals surface area contributed by atoms with Crippen molar-refractivity contribution in [3.63, 3.8) is 0 Å². The summed E-state index contributed by atoms with van der Waals surface area (Å²) in [5, 5.41) is 0. The van der Waals surface area contributed by atoms with Gasteiger partial charge in [0.25, 0.3) is 0 Å². The third-order valence-corrected chi connectivity index (χ3v) is 0. The largest absolute Gasteiger partial charge is 0.269 e. The van der Waals surface area contributed by atoms with Crippen molar-refractivity contribution < 1.29 is 18.8 Å². The van der Waals surface area contributed by atoms with Crippen molar-refractivity contribution in [2.75, 3.05) is 0 Å². The van der Waals surface area contributed by atoms with E-state index in [-0.39, 0.29) is 18.8 Å². The van der Waals surface area contributed by atoms with Crippen LogP contribution in [0.2, 0.25) is 0 Å². The Morgan fingerprint density at radius 2 is 0.889 bits per heavy atom. The summed E-state index contributed by atoms with van der Waals surface area (Å²) >= 11 is 0. The van der Waals surface area contributed by atoms with Gasteiger partial charge in [0, 0.05) is 0 Å². The molecule has 9 heavy (non-hydrogen) atoms. The molecule has 0 radical (unpaired) electrons. The molecule has 0 aromatic carbocycles. The second-order valence-electron chi connectivity index (χ2n) is 0.408. The minimum absolute atomic E-state index is 0. The molecule has 0 unspecified atom stereocenters. The standard InChI is InChI=1S/C3H6.C2H4.4FH/c1-3-2;1-2;;;;/h3H,1H2,2H3;1-2H2;4*1H. The van der Waals surface area contributed by atoms with Crippen LogP contribution in [0.4, 0.5) is 18.8 Å². The number of halogens is 4. The zero-order chi connectivity index (χ0) is 4.71. The quantitative estimate of drug-likeness (QED) is 0.368. The van der Waals surface area contributed by atoms with Crippen molar-refractivity contribution in [2.24, 2.45) is 0 Å². The van der Waals surface area contributed by atoms with Crippen LogP contribution in [0, 0.1) is 0 Å². The van der Waals surface area contributed by atoms with Gasteiger partial charge in [0.1, 0.15) is 0 Å². The van der Waals surface area contributed by atoms with Gasteiger partial charge in [0.15, 0.2) is 0 Å². The first-order valence-corrected chi connectivity index (χ1v) is 1.49. The Labute approximate surface area is 52.7 Å². The summed E-state index contributed by atoms with van der Waals surface area (Å²) in [6.07, 6.45) is 1.75. The van der Waals surface area contributed by atoms with E-state index in [2.05, 4.69) is 19.7 Å². The van der Waals surface area contributed by atoms with Crippen LogP contribution in [0.15, 0.2) is 25.8 Å². The minimum atomic E-state index is 0. The molecule has 0 amide bonds. The Hall–Kier alpha value is -0.800. The maximum Gasteiger partial charge on any atom is -0.0473 e. The van der Waals surface area contributed by atoms with Crippen LogP contribution in [-0.4, -0.2) is 0 Å². The van der Waals surface area contributed by atoms with Crippen LogP contribution >= 0.6 is 0 Å². The van der Waals surface area contributed by atoms with Crippen molar-refractivity contribution in [1.29, 1.82) is 0 Å². The number of rotatable bonds is 0. The molecule has 0 aliphatic carbocycles. The van der Waals surface area contributed by atoms with Gasteiger partial charge in [-0.1, -0.05) is 6.08 Å². The van der Waals surface area contributed by atoms with Crippen LogP contribution in [0.3, 0.4) is 0 Å². The Balaban J connectivity index is -0.00000000357. The molecule has 0 heterocycles. The lowest BCUT2D eigenvalue weighted by molar-refractivity contribution is 1.11. The number of hydrogen-bond donors (Lipinski definition) is 0. The Morgan fingerprint density at radius 3 is 0.889 bits per heavy atom. The lowest BCUT2D eigenvalue weighted by Crippen LogP contribution is -1.07. The van der Waals surface area contributed by atoms with E-state index in [0.717, 1.165) is 0 Å². The summed E-state index contributed by atoms with van der Waals surface area (Å²) in [5.74, 6) is 0. The monoisotopic (exact) mass is 150 g/mol. The van der Waals surface area contributed by atoms with Crippen LogP contribution in [-0.2, 0) is 0 Å². The fourth-order valence-electron chi connectivity index (χ4n) is 0. The third-order valence-electron chi connectivity index (χ3n) is 0. The van der Waals surface area contributed by atoms with Gasteiger partial charge in [-0.25, -0.2) is 0 Å². The first-order chi connectivity index (χ1) is 2.41. The predicted molar refractivity (Wildman–Crippen MR) is 37.1 cm³/mol. The Kier molecular flexibility index (Phi) is 67500. The summed E-state index contributed by atoms with van der Waals surface area (Å²) in [7, 11) is 0. The molecule has 0 fully saturated rings. The molecule has 0 bridgehead atoms. The summed E-state index contributed by atoms with van der Waals surface area (Å²) < 4.78 is 0. The first-order valence-electron chi connectivity index (χ1n) is 1.49. The highest BCUT2D eigenvalue weighted by atomic mass is 19.0. The molecular formula is C5H14F4. The zero-order valence-corrected chi connectivity index (χ0v) is 5.33. The van der Waals surface area contributed by atoms with E-state index < -0.39 is 0 Å². The summed E-state index contributed by atoms with van der Waals surface area (Å²) in [6, 6.07) is 0. The van der Waals surface area contributed by atoms with Gasteiger partial charge in [-0.15, -0.1) is 19.7 Å². The van der Waals surface area contributed by atoms with Gasteiger partial charge in [-0.3, -0.25) is 18.8 Å². The number of hydrogen-bond acceptors (Lipinski definition) is 0. The predicted octanol–water partition coefficient (Wildman–Crippen LogP) is 2.60. The van der Waals surface area contributed by atoms with E-state index in [9.17, 15) is 0 Å². The molecule has 4 heteroatoms. The molecule has 0 rings (SSSR count). The lowest BCUT2D eigenvalue weighted by Gasteiger charge is -1.31. The van der Waals surface area contributed by atoms with Crippen molar-refractivity contribution in [3.8, 4) is 0 Å². The molecule has 0 atom stereocenters. The van der Waals surface area contributed by atoms with E-state index >= 15 is 0 Å². The van der Waals surface area contributed by atoms with E-state index in [1.165, 1.54) is 0 Å². The zero-order valence-electron chi connectivity index (χ0n) is 5.33. The Morgan fingerprint density at radius 1 is 0.889 bits per heavy atom. The van der Waals surface area contributed by atoms with E-state index in [4.69, 9.17) is 0 Å². The first kappa shape index (κ1) is 87.8. The topological polar surface area (TPSA) is 0 Å². The normalized spacial score (nSPS) is 1.89. The SMILES string of the molecule is C=C.C=CC.F.F.F.F. The molecular weight excluding hydrogens is 136 g/mol. The molecule has 0 aromatic rings. The lowest BCUT2D eigenvalue weighted by atomic mass is 10.8. The van der Waals surface area contributed by atoms with Gasteiger partial charge in [0.2, 0.25) is 0 Å². The summed E-state index contributed by atoms with van der Waals surface area (Å²) in [4.78, 5) is 0. The van der Waals surface area contributed by atoms with Crippen molar-refractivity contribution in [1.82, 2.24) is 0 Å². The van der Waals surface area contributed by atoms with Crippen LogP contribution in [0.25, 0.3) is 0 Å². The molecule has 0 aromatic heterocycles. The maximum absolute atomic E-state index is 3.36. The van der Waals surface area contributed by atoms with Gasteiger partial charge in [-0.05, 0) is 6.92 Å². The molecule has 62 valence electrons. The molecule has 0 N–H and O–H groups in total. The van der Waals surface area contributed by atoms with Crippen LogP contribution < -0.4 is 0 Å². The van der Waals surface area contributed by atoms with Gasteiger partial charge < -0.3 is 0 Å². The molecule has 0 saturated heterocycles. The average molecular weight is 150 g/mol. The Bertz CT molecular complexity index is 22.9. The van der Waals surface area contributed by atoms with Crippen LogP contribution in [0.5, 0.6) is 0 Å². The molecule has 0 spiro atoms. The smallest absolute Gasteiger partial charge is 0.0473 e. The minimum Gasteiger partial charge on any atom is -0.269 e. The van der Waals surface area contributed by atoms with Crippen molar-refractivity contribution in [3.05, 3.63) is 25.8 Å². The second kappa shape index (κ2) is 6920. The molecule has 0 saturated carbocycles. The maximum atomic E-state index is 3.36. The van der Waals surface area contributed by atoms with Crippen molar-refractivity contribution in [2.45, 2.75) is 6.92 Å². The highest BCUT2D eigenvalue weighted by Gasteiger charge is 1.15. The molecule has 0 aliphatic rings. The van der Waals surface area contributed by atoms with Gasteiger partial charge in [-0.2, -0.15) is 0 Å². The molecule has 0 aliphatic heterocycles. The summed E-state index contributed by atoms with van der Waals surface area (Å²) in [6.45, 7) is 11.2. The molecule has 0 nitrogen and oxygen atoms in total. The highest BCUT2D eigenvalue weighted by Crippen LogP contribution is 1.38. The van der Waals surface area contributed by atoms with Crippen LogP contribution in [0.1, 0.15) is 6.92 Å². The highest BCUT2D eigenvalue weighted by molar-refractivity contribution is 4.51. The second-order valence-corrected chi connectivity index (χ2v) is 0.408. The van der Waals surface area contributed by atoms with Gasteiger partial charge >= 0.3 is 0 Å². The number of allylic oxidation sites excluding steroid dienone is 1. The average Bonchev–Trinajstić information content (AvgIpc) is 1.46. The van der Waals surface area contributed by atoms with Crippen molar-refractivity contribution >= 4 is 0 Å². The third kappa shape index (κ3) is 304. The summed E-state index contributed by atoms with van der Waals surface area (Å²) in [5.41, 5.74) is 0. The van der Waals surface area contributed by atoms with E-state index in [0.29, 0.717) is 0 Å².